The normalized spacial score (nSPS) is 19.4. The van der Waals surface area contributed by atoms with Gasteiger partial charge in [-0.15, -0.1) is 11.3 Å². The summed E-state index contributed by atoms with van der Waals surface area (Å²) >= 11 is 1.48. The first-order valence-corrected chi connectivity index (χ1v) is 18.1. The molecule has 274 valence electrons. The van der Waals surface area contributed by atoms with E-state index < -0.39 is 35.5 Å². The highest BCUT2D eigenvalue weighted by Crippen LogP contribution is 2.43. The molecule has 0 N–H and O–H groups in total. The van der Waals surface area contributed by atoms with Crippen molar-refractivity contribution in [3.8, 4) is 5.75 Å². The third kappa shape index (κ3) is 8.96. The summed E-state index contributed by atoms with van der Waals surface area (Å²) in [7, 11) is 3.27. The number of aromatic nitrogens is 1. The van der Waals surface area contributed by atoms with Crippen LogP contribution in [-0.4, -0.2) is 108 Å². The Morgan fingerprint density at radius 3 is 2.32 bits per heavy atom. The number of ether oxygens (including phenoxy) is 5. The molecule has 12 nitrogen and oxygen atoms in total. The number of carbonyl (C=O) groups excluding carboxylic acids is 3. The highest BCUT2D eigenvalue weighted by Gasteiger charge is 2.51. The largest absolute Gasteiger partial charge is 0.496 e. The predicted octanol–water partition coefficient (Wildman–Crippen LogP) is 6.20. The van der Waals surface area contributed by atoms with Gasteiger partial charge in [-0.1, -0.05) is 12.1 Å². The van der Waals surface area contributed by atoms with Gasteiger partial charge in [0.2, 0.25) is 0 Å². The zero-order chi connectivity index (χ0) is 36.4. The van der Waals surface area contributed by atoms with Crippen LogP contribution in [0.25, 0.3) is 5.57 Å². The van der Waals surface area contributed by atoms with Gasteiger partial charge in [-0.3, -0.25) is 9.69 Å². The van der Waals surface area contributed by atoms with E-state index in [2.05, 4.69) is 4.98 Å². The Bertz CT molecular complexity index is 1590. The number of rotatable bonds is 11. The van der Waals surface area contributed by atoms with Crippen molar-refractivity contribution >= 4 is 35.0 Å². The lowest BCUT2D eigenvalue weighted by Crippen LogP contribution is -2.66. The lowest BCUT2D eigenvalue weighted by molar-refractivity contribution is -0.129. The van der Waals surface area contributed by atoms with Crippen LogP contribution in [0.5, 0.6) is 5.75 Å². The first-order chi connectivity index (χ1) is 23.6. The quantitative estimate of drug-likeness (QED) is 0.251. The summed E-state index contributed by atoms with van der Waals surface area (Å²) < 4.78 is 28.2. The van der Waals surface area contributed by atoms with Crippen molar-refractivity contribution in [1.82, 2.24) is 19.7 Å². The maximum Gasteiger partial charge on any atom is 0.411 e. The highest BCUT2D eigenvalue weighted by atomic mass is 32.1. The molecule has 1 aromatic carbocycles. The van der Waals surface area contributed by atoms with Gasteiger partial charge in [-0.05, 0) is 90.5 Å². The Kier molecular flexibility index (Phi) is 11.5. The van der Waals surface area contributed by atoms with Crippen LogP contribution in [-0.2, 0) is 36.9 Å². The second-order valence-corrected chi connectivity index (χ2v) is 16.2. The fraction of sp³-hybridized carbons (Fsp3) is 0.622. The molecule has 1 saturated carbocycles. The number of carbonyl (C=O) groups is 3. The first kappa shape index (κ1) is 37.6. The van der Waals surface area contributed by atoms with Crippen molar-refractivity contribution in [2.75, 3.05) is 40.5 Å². The second-order valence-electron chi connectivity index (χ2n) is 15.1. The smallest absolute Gasteiger partial charge is 0.411 e. The van der Waals surface area contributed by atoms with E-state index in [9.17, 15) is 9.59 Å². The molecular formula is C37H52N4O8S. The molecule has 1 aromatic heterocycles. The molecule has 3 amide bonds. The molecule has 2 aromatic rings. The summed E-state index contributed by atoms with van der Waals surface area (Å²) in [4.78, 5) is 53.5. The average Bonchev–Trinajstić information content (AvgIpc) is 3.76. The number of benzene rings is 1. The van der Waals surface area contributed by atoms with Crippen molar-refractivity contribution < 1.29 is 38.1 Å². The van der Waals surface area contributed by atoms with Gasteiger partial charge in [0.25, 0.3) is 5.91 Å². The Morgan fingerprint density at radius 1 is 0.980 bits per heavy atom. The van der Waals surface area contributed by atoms with Gasteiger partial charge in [0.05, 0.1) is 43.9 Å². The van der Waals surface area contributed by atoms with E-state index in [1.54, 1.807) is 30.2 Å². The minimum absolute atomic E-state index is 0.0475. The van der Waals surface area contributed by atoms with Crippen molar-refractivity contribution in [1.29, 1.82) is 0 Å². The molecule has 2 fully saturated rings. The van der Waals surface area contributed by atoms with E-state index >= 15 is 4.79 Å². The maximum absolute atomic E-state index is 15.2. The van der Waals surface area contributed by atoms with E-state index in [4.69, 9.17) is 23.7 Å². The fourth-order valence-electron chi connectivity index (χ4n) is 6.44. The number of hydrogen-bond donors (Lipinski definition) is 0. The summed E-state index contributed by atoms with van der Waals surface area (Å²) in [5.41, 5.74) is 1.79. The van der Waals surface area contributed by atoms with E-state index in [1.807, 2.05) is 71.6 Å². The van der Waals surface area contributed by atoms with Crippen molar-refractivity contribution in [2.24, 2.45) is 0 Å². The number of thiazole rings is 1. The van der Waals surface area contributed by atoms with Gasteiger partial charge >= 0.3 is 12.2 Å². The van der Waals surface area contributed by atoms with E-state index in [-0.39, 0.29) is 25.0 Å². The Labute approximate surface area is 299 Å². The van der Waals surface area contributed by atoms with Gasteiger partial charge in [-0.25, -0.2) is 14.6 Å². The number of hydrogen-bond acceptors (Lipinski definition) is 10. The first-order valence-electron chi connectivity index (χ1n) is 17.3. The molecule has 50 heavy (non-hydrogen) atoms. The molecule has 13 heteroatoms. The highest BCUT2D eigenvalue weighted by molar-refractivity contribution is 7.12. The molecule has 5 rings (SSSR count). The third-order valence-electron chi connectivity index (χ3n) is 8.85. The molecule has 0 spiro atoms. The maximum atomic E-state index is 15.2. The summed E-state index contributed by atoms with van der Waals surface area (Å²) in [5.74, 6) is 0.589. The van der Waals surface area contributed by atoms with Gasteiger partial charge in [0.15, 0.2) is 0 Å². The monoisotopic (exact) mass is 712 g/mol. The van der Waals surface area contributed by atoms with Crippen molar-refractivity contribution in [3.63, 3.8) is 0 Å². The zero-order valence-corrected chi connectivity index (χ0v) is 31.7. The molecule has 1 saturated heterocycles. The number of amides is 3. The predicted molar refractivity (Wildman–Crippen MR) is 190 cm³/mol. The van der Waals surface area contributed by atoms with Crippen LogP contribution in [0.2, 0.25) is 0 Å². The van der Waals surface area contributed by atoms with Crippen LogP contribution in [0.3, 0.4) is 0 Å². The Morgan fingerprint density at radius 2 is 1.68 bits per heavy atom. The lowest BCUT2D eigenvalue weighted by atomic mass is 9.83. The fourth-order valence-corrected chi connectivity index (χ4v) is 7.36. The topological polar surface area (TPSA) is 120 Å². The molecule has 2 unspecified atom stereocenters. The van der Waals surface area contributed by atoms with Crippen LogP contribution in [0.15, 0.2) is 30.0 Å². The molecular weight excluding hydrogens is 660 g/mol. The summed E-state index contributed by atoms with van der Waals surface area (Å²) in [6.07, 6.45) is 2.89. The van der Waals surface area contributed by atoms with Crippen LogP contribution in [0.1, 0.15) is 81.8 Å². The standard InChI is InChI=1S/C37H52N4O8S/c1-23-24(11-10-12-29(23)46-9)19-40(25-13-14-25)33(42)32-27(30-18-38-31(50-30)22-47-16-15-45-8)17-26-20-39(34(43)48-36(2,3)4)21-28(32)41(26)35(44)49-37(5,6)7/h10-12,18,25-26,28H,13-17,19-22H2,1-9H3. The molecule has 3 aliphatic rings. The van der Waals surface area contributed by atoms with Crippen LogP contribution in [0, 0.1) is 6.92 Å². The summed E-state index contributed by atoms with van der Waals surface area (Å²) in [6.45, 7) is 14.9. The van der Waals surface area contributed by atoms with Crippen molar-refractivity contribution in [3.05, 3.63) is 51.0 Å². The molecule has 2 bridgehead atoms. The molecule has 2 atom stereocenters. The minimum atomic E-state index is -0.775. The van der Waals surface area contributed by atoms with E-state index in [0.717, 1.165) is 45.2 Å². The molecule has 3 heterocycles. The van der Waals surface area contributed by atoms with Gasteiger partial charge in [0, 0.05) is 44.6 Å². The van der Waals surface area contributed by atoms with E-state index in [1.165, 1.54) is 11.3 Å². The van der Waals surface area contributed by atoms with Crippen LogP contribution in [0.4, 0.5) is 9.59 Å². The van der Waals surface area contributed by atoms with Gasteiger partial charge in [-0.2, -0.15) is 0 Å². The lowest BCUT2D eigenvalue weighted by Gasteiger charge is -2.51. The molecule has 2 aliphatic heterocycles. The Hall–Kier alpha value is -3.68. The second kappa shape index (κ2) is 15.3. The molecule has 0 radical (unpaired) electrons. The summed E-state index contributed by atoms with van der Waals surface area (Å²) in [5, 5.41) is 0.775. The van der Waals surface area contributed by atoms with Crippen LogP contribution < -0.4 is 4.74 Å². The summed E-state index contributed by atoms with van der Waals surface area (Å²) in [6, 6.07) is 4.68. The number of methoxy groups -OCH3 is 2. The van der Waals surface area contributed by atoms with E-state index in [0.29, 0.717) is 38.4 Å². The number of piperazine rings is 1. The number of nitrogens with zero attached hydrogens (tertiary/aromatic N) is 4. The molecule has 1 aliphatic carbocycles. The average molecular weight is 713 g/mol. The SMILES string of the molecule is COCCOCc1ncc(C2=C(C(=O)N(Cc3cccc(OC)c3C)C3CC3)C3CN(C(=O)OC(C)(C)C)CC(C2)N3C(=O)OC(C)(C)C)s1. The minimum Gasteiger partial charge on any atom is -0.496 e. The zero-order valence-electron chi connectivity index (χ0n) is 30.9. The Balaban J connectivity index is 1.60. The third-order valence-corrected chi connectivity index (χ3v) is 9.88. The van der Waals surface area contributed by atoms with Crippen LogP contribution >= 0.6 is 11.3 Å². The van der Waals surface area contributed by atoms with Crippen molar-refractivity contribution in [2.45, 2.75) is 110 Å². The van der Waals surface area contributed by atoms with Gasteiger partial charge in [0.1, 0.15) is 22.0 Å². The number of fused-ring (bicyclic) bond motifs is 2. The van der Waals surface area contributed by atoms with Gasteiger partial charge < -0.3 is 33.5 Å².